The quantitative estimate of drug-likeness (QED) is 0.696. The van der Waals surface area contributed by atoms with E-state index in [0.717, 1.165) is 17.0 Å². The molecule has 1 aliphatic rings. The summed E-state index contributed by atoms with van der Waals surface area (Å²) in [5, 5.41) is 1.37. The molecule has 1 amide bonds. The van der Waals surface area contributed by atoms with Crippen molar-refractivity contribution in [2.45, 2.75) is 30.0 Å². The molecule has 1 aromatic rings. The summed E-state index contributed by atoms with van der Waals surface area (Å²) in [6.45, 7) is 2.11. The van der Waals surface area contributed by atoms with Gasteiger partial charge < -0.3 is 11.5 Å². The Morgan fingerprint density at radius 2 is 2.33 bits per heavy atom. The standard InChI is InChI=1S/C9H12N4OS/c1-4-2-5-8(11)12-7(3-6(10)14)13-9(5)15-4/h4H,2-3H2,1H3,(H2,10,14)(H2,11,12,13). The zero-order valence-electron chi connectivity index (χ0n) is 8.36. The van der Waals surface area contributed by atoms with Crippen LogP contribution in [-0.4, -0.2) is 21.1 Å². The first-order chi connectivity index (χ1) is 7.06. The number of fused-ring (bicyclic) bond motifs is 1. The van der Waals surface area contributed by atoms with E-state index in [-0.39, 0.29) is 6.42 Å². The molecule has 0 saturated heterocycles. The molecule has 0 radical (unpaired) electrons. The maximum absolute atomic E-state index is 10.7. The molecule has 1 atom stereocenters. The normalized spacial score (nSPS) is 18.9. The number of nitrogens with two attached hydrogens (primary N) is 2. The van der Waals surface area contributed by atoms with Crippen molar-refractivity contribution >= 4 is 23.5 Å². The fraction of sp³-hybridized carbons (Fsp3) is 0.444. The summed E-state index contributed by atoms with van der Waals surface area (Å²) in [6.07, 6.45) is 0.940. The number of thioether (sulfide) groups is 1. The van der Waals surface area contributed by atoms with Gasteiger partial charge in [-0.1, -0.05) is 6.92 Å². The van der Waals surface area contributed by atoms with E-state index >= 15 is 0 Å². The van der Waals surface area contributed by atoms with E-state index in [4.69, 9.17) is 11.5 Å². The minimum atomic E-state index is -0.439. The van der Waals surface area contributed by atoms with Crippen molar-refractivity contribution in [1.82, 2.24) is 9.97 Å². The van der Waals surface area contributed by atoms with Crippen molar-refractivity contribution in [3.05, 3.63) is 11.4 Å². The number of carbonyl (C=O) groups is 1. The lowest BCUT2D eigenvalue weighted by Crippen LogP contribution is -2.16. The van der Waals surface area contributed by atoms with E-state index in [9.17, 15) is 4.79 Å². The van der Waals surface area contributed by atoms with E-state index in [2.05, 4.69) is 16.9 Å². The molecule has 6 heteroatoms. The third-order valence-electron chi connectivity index (χ3n) is 2.18. The van der Waals surface area contributed by atoms with Gasteiger partial charge in [-0.3, -0.25) is 4.79 Å². The molecular weight excluding hydrogens is 212 g/mol. The van der Waals surface area contributed by atoms with Crippen molar-refractivity contribution < 1.29 is 4.79 Å². The van der Waals surface area contributed by atoms with E-state index in [0.29, 0.717) is 16.9 Å². The van der Waals surface area contributed by atoms with Crippen molar-refractivity contribution in [2.75, 3.05) is 5.73 Å². The van der Waals surface area contributed by atoms with Crippen molar-refractivity contribution in [2.24, 2.45) is 5.73 Å². The topological polar surface area (TPSA) is 94.9 Å². The van der Waals surface area contributed by atoms with Crippen LogP contribution in [0.5, 0.6) is 0 Å². The summed E-state index contributed by atoms with van der Waals surface area (Å²) in [5.74, 6) is 0.457. The van der Waals surface area contributed by atoms with Gasteiger partial charge >= 0.3 is 0 Å². The van der Waals surface area contributed by atoms with Crippen LogP contribution in [0.15, 0.2) is 5.03 Å². The molecule has 15 heavy (non-hydrogen) atoms. The first kappa shape index (κ1) is 10.2. The number of nitrogens with zero attached hydrogens (tertiary/aromatic N) is 2. The number of hydrogen-bond acceptors (Lipinski definition) is 5. The monoisotopic (exact) mass is 224 g/mol. The van der Waals surface area contributed by atoms with Crippen LogP contribution in [0.3, 0.4) is 0 Å². The van der Waals surface area contributed by atoms with Crippen LogP contribution in [-0.2, 0) is 17.6 Å². The van der Waals surface area contributed by atoms with Gasteiger partial charge in [-0.2, -0.15) is 0 Å². The average molecular weight is 224 g/mol. The van der Waals surface area contributed by atoms with Crippen LogP contribution in [0.1, 0.15) is 18.3 Å². The van der Waals surface area contributed by atoms with Gasteiger partial charge in [-0.25, -0.2) is 9.97 Å². The first-order valence-electron chi connectivity index (χ1n) is 4.66. The van der Waals surface area contributed by atoms with Crippen LogP contribution in [0.4, 0.5) is 5.82 Å². The lowest BCUT2D eigenvalue weighted by molar-refractivity contribution is -0.117. The molecule has 1 aromatic heterocycles. The Morgan fingerprint density at radius 1 is 1.60 bits per heavy atom. The molecule has 0 spiro atoms. The predicted molar refractivity (Wildman–Crippen MR) is 58.4 cm³/mol. The van der Waals surface area contributed by atoms with Gasteiger partial charge in [0.05, 0.1) is 6.42 Å². The number of amides is 1. The minimum absolute atomic E-state index is 0.0480. The highest BCUT2D eigenvalue weighted by molar-refractivity contribution is 8.00. The molecule has 2 heterocycles. The van der Waals surface area contributed by atoms with Gasteiger partial charge in [0.15, 0.2) is 0 Å². The van der Waals surface area contributed by atoms with Crippen LogP contribution >= 0.6 is 11.8 Å². The summed E-state index contributed by atoms with van der Waals surface area (Å²) < 4.78 is 0. The number of hydrogen-bond donors (Lipinski definition) is 2. The smallest absolute Gasteiger partial charge is 0.225 e. The second-order valence-electron chi connectivity index (χ2n) is 3.58. The molecule has 0 fully saturated rings. The summed E-state index contributed by atoms with van der Waals surface area (Å²) in [5.41, 5.74) is 11.9. The highest BCUT2D eigenvalue weighted by atomic mass is 32.2. The fourth-order valence-corrected chi connectivity index (χ4v) is 2.69. The van der Waals surface area contributed by atoms with Crippen LogP contribution < -0.4 is 11.5 Å². The van der Waals surface area contributed by atoms with Crippen LogP contribution in [0, 0.1) is 0 Å². The SMILES string of the molecule is CC1Cc2c(N)nc(CC(N)=O)nc2S1. The minimum Gasteiger partial charge on any atom is -0.383 e. The molecule has 0 saturated carbocycles. The van der Waals surface area contributed by atoms with Crippen LogP contribution in [0.2, 0.25) is 0 Å². The van der Waals surface area contributed by atoms with Crippen molar-refractivity contribution in [1.29, 1.82) is 0 Å². The molecular formula is C9H12N4OS. The fourth-order valence-electron chi connectivity index (χ4n) is 1.57. The summed E-state index contributed by atoms with van der Waals surface area (Å²) in [6, 6.07) is 0. The number of aromatic nitrogens is 2. The summed E-state index contributed by atoms with van der Waals surface area (Å²) in [7, 11) is 0. The Morgan fingerprint density at radius 3 is 3.00 bits per heavy atom. The van der Waals surface area contributed by atoms with Gasteiger partial charge in [-0.15, -0.1) is 11.8 Å². The Bertz CT molecular complexity index is 421. The second kappa shape index (κ2) is 3.69. The Kier molecular flexibility index (Phi) is 2.52. The average Bonchev–Trinajstić information content (AvgIpc) is 2.44. The largest absolute Gasteiger partial charge is 0.383 e. The van der Waals surface area contributed by atoms with Gasteiger partial charge in [-0.05, 0) is 6.42 Å². The molecule has 1 unspecified atom stereocenters. The second-order valence-corrected chi connectivity index (χ2v) is 5.01. The first-order valence-corrected chi connectivity index (χ1v) is 5.54. The molecule has 0 aliphatic carbocycles. The third kappa shape index (κ3) is 2.04. The maximum atomic E-state index is 10.7. The molecule has 4 N–H and O–H groups in total. The van der Waals surface area contributed by atoms with E-state index in [1.807, 2.05) is 0 Å². The number of nitrogen functional groups attached to an aromatic ring is 1. The van der Waals surface area contributed by atoms with Gasteiger partial charge in [0.1, 0.15) is 16.7 Å². The highest BCUT2D eigenvalue weighted by Crippen LogP contribution is 2.37. The number of anilines is 1. The van der Waals surface area contributed by atoms with Crippen molar-refractivity contribution in [3.63, 3.8) is 0 Å². The van der Waals surface area contributed by atoms with E-state index in [1.165, 1.54) is 0 Å². The Balaban J connectivity index is 2.35. The molecule has 1 aliphatic heterocycles. The predicted octanol–water partition coefficient (Wildman–Crippen LogP) is 0.123. The van der Waals surface area contributed by atoms with E-state index in [1.54, 1.807) is 11.8 Å². The maximum Gasteiger partial charge on any atom is 0.225 e. The van der Waals surface area contributed by atoms with Crippen LogP contribution in [0.25, 0.3) is 0 Å². The highest BCUT2D eigenvalue weighted by Gasteiger charge is 2.24. The van der Waals surface area contributed by atoms with Gasteiger partial charge in [0.2, 0.25) is 5.91 Å². The molecule has 0 bridgehead atoms. The lowest BCUT2D eigenvalue weighted by Gasteiger charge is -2.03. The third-order valence-corrected chi connectivity index (χ3v) is 3.31. The van der Waals surface area contributed by atoms with Crippen molar-refractivity contribution in [3.8, 4) is 0 Å². The number of rotatable bonds is 2. The summed E-state index contributed by atoms with van der Waals surface area (Å²) in [4.78, 5) is 19.1. The molecule has 80 valence electrons. The Labute approximate surface area is 91.7 Å². The summed E-state index contributed by atoms with van der Waals surface area (Å²) >= 11 is 1.66. The lowest BCUT2D eigenvalue weighted by atomic mass is 10.2. The zero-order valence-corrected chi connectivity index (χ0v) is 9.17. The van der Waals surface area contributed by atoms with Gasteiger partial charge in [0, 0.05) is 10.8 Å². The zero-order chi connectivity index (χ0) is 11.0. The molecule has 2 rings (SSSR count). The number of carbonyl (C=O) groups excluding carboxylic acids is 1. The number of primary amides is 1. The Hall–Kier alpha value is -1.30. The van der Waals surface area contributed by atoms with Gasteiger partial charge in [0.25, 0.3) is 0 Å². The molecule has 0 aromatic carbocycles. The van der Waals surface area contributed by atoms with E-state index < -0.39 is 5.91 Å². The molecule has 5 nitrogen and oxygen atoms in total.